The molecule has 0 saturated carbocycles. The Morgan fingerprint density at radius 1 is 1.15 bits per heavy atom. The fraction of sp³-hybridized carbons (Fsp3) is 0.778. The van der Waals surface area contributed by atoms with Crippen LogP contribution in [0.5, 0.6) is 0 Å². The molecule has 4 heteroatoms. The predicted octanol–water partition coefficient (Wildman–Crippen LogP) is 1.28. The molecule has 0 aromatic rings. The highest BCUT2D eigenvalue weighted by Gasteiger charge is 2.20. The van der Waals surface area contributed by atoms with Crippen molar-refractivity contribution in [2.75, 3.05) is 0 Å². The molecule has 0 saturated heterocycles. The van der Waals surface area contributed by atoms with Gasteiger partial charge >= 0.3 is 11.9 Å². The molecule has 76 valence electrons. The second-order valence-corrected chi connectivity index (χ2v) is 2.87. The van der Waals surface area contributed by atoms with E-state index in [0.717, 1.165) is 0 Å². The minimum Gasteiger partial charge on any atom is -0.459 e. The van der Waals surface area contributed by atoms with Crippen LogP contribution in [0.1, 0.15) is 34.1 Å². The van der Waals surface area contributed by atoms with Crippen molar-refractivity contribution in [3.8, 4) is 0 Å². The molecule has 0 N–H and O–H groups in total. The molecule has 4 nitrogen and oxygen atoms in total. The van der Waals surface area contributed by atoms with Crippen molar-refractivity contribution in [1.29, 1.82) is 0 Å². The Kier molecular flexibility index (Phi) is 5.11. The minimum atomic E-state index is -0.383. The third-order valence-corrected chi connectivity index (χ3v) is 1.60. The van der Waals surface area contributed by atoms with E-state index >= 15 is 0 Å². The van der Waals surface area contributed by atoms with Gasteiger partial charge in [-0.2, -0.15) is 0 Å². The van der Waals surface area contributed by atoms with E-state index < -0.39 is 0 Å². The summed E-state index contributed by atoms with van der Waals surface area (Å²) in [4.78, 5) is 21.2. The molecule has 0 radical (unpaired) electrons. The van der Waals surface area contributed by atoms with Crippen LogP contribution in [0.2, 0.25) is 0 Å². The molecule has 0 heterocycles. The van der Waals surface area contributed by atoms with Crippen molar-refractivity contribution in [3.63, 3.8) is 0 Å². The van der Waals surface area contributed by atoms with Gasteiger partial charge in [0.05, 0.1) is 0 Å². The molecule has 2 atom stereocenters. The van der Waals surface area contributed by atoms with E-state index in [2.05, 4.69) is 0 Å². The smallest absolute Gasteiger partial charge is 0.303 e. The van der Waals surface area contributed by atoms with Crippen molar-refractivity contribution in [1.82, 2.24) is 0 Å². The third-order valence-electron chi connectivity index (χ3n) is 1.60. The number of ether oxygens (including phenoxy) is 2. The molecule has 13 heavy (non-hydrogen) atoms. The SMILES string of the molecule is CCC(OC(C)=O)C(C)OC(C)=O. The summed E-state index contributed by atoms with van der Waals surface area (Å²) in [6.07, 6.45) is -0.0959. The van der Waals surface area contributed by atoms with Crippen molar-refractivity contribution in [2.24, 2.45) is 0 Å². The molecule has 0 aliphatic carbocycles. The van der Waals surface area contributed by atoms with Crippen molar-refractivity contribution < 1.29 is 19.1 Å². The van der Waals surface area contributed by atoms with Crippen LogP contribution in [0.15, 0.2) is 0 Å². The van der Waals surface area contributed by atoms with Crippen LogP contribution in [-0.2, 0) is 19.1 Å². The Labute approximate surface area is 78.2 Å². The molecule has 0 bridgehead atoms. The fourth-order valence-corrected chi connectivity index (χ4v) is 1.06. The number of rotatable bonds is 4. The van der Waals surface area contributed by atoms with E-state index in [1.165, 1.54) is 13.8 Å². The van der Waals surface area contributed by atoms with Crippen molar-refractivity contribution in [2.45, 2.75) is 46.3 Å². The van der Waals surface area contributed by atoms with E-state index in [0.29, 0.717) is 6.42 Å². The second-order valence-electron chi connectivity index (χ2n) is 2.87. The van der Waals surface area contributed by atoms with E-state index in [4.69, 9.17) is 9.47 Å². The summed E-state index contributed by atoms with van der Waals surface area (Å²) < 4.78 is 9.83. The molecule has 0 aromatic carbocycles. The summed E-state index contributed by atoms with van der Waals surface area (Å²) in [7, 11) is 0. The summed E-state index contributed by atoms with van der Waals surface area (Å²) >= 11 is 0. The summed E-state index contributed by atoms with van der Waals surface area (Å²) in [5.41, 5.74) is 0. The molecule has 2 unspecified atom stereocenters. The number of esters is 2. The van der Waals surface area contributed by atoms with Crippen molar-refractivity contribution >= 4 is 11.9 Å². The van der Waals surface area contributed by atoms with Crippen LogP contribution in [0.4, 0.5) is 0 Å². The van der Waals surface area contributed by atoms with Gasteiger partial charge in [0.1, 0.15) is 12.2 Å². The standard InChI is InChI=1S/C9H16O4/c1-5-9(13-8(4)11)6(2)12-7(3)10/h6,9H,5H2,1-4H3. The zero-order valence-electron chi connectivity index (χ0n) is 8.49. The fourth-order valence-electron chi connectivity index (χ4n) is 1.06. The van der Waals surface area contributed by atoms with Gasteiger partial charge in [0.15, 0.2) is 0 Å². The molecule has 0 rings (SSSR count). The van der Waals surface area contributed by atoms with Crippen LogP contribution in [-0.4, -0.2) is 24.1 Å². The molecule has 0 amide bonds. The predicted molar refractivity (Wildman–Crippen MR) is 47.1 cm³/mol. The number of hydrogen-bond donors (Lipinski definition) is 0. The maximum atomic E-state index is 10.6. The van der Waals surface area contributed by atoms with E-state index in [1.807, 2.05) is 6.92 Å². The third kappa shape index (κ3) is 5.22. The highest BCUT2D eigenvalue weighted by atomic mass is 16.6. The maximum Gasteiger partial charge on any atom is 0.303 e. The van der Waals surface area contributed by atoms with E-state index in [1.54, 1.807) is 6.92 Å². The van der Waals surface area contributed by atoms with E-state index in [9.17, 15) is 9.59 Å². The highest BCUT2D eigenvalue weighted by Crippen LogP contribution is 2.08. The second kappa shape index (κ2) is 5.56. The van der Waals surface area contributed by atoms with Gasteiger partial charge in [-0.25, -0.2) is 0 Å². The summed E-state index contributed by atoms with van der Waals surface area (Å²) in [6.45, 7) is 6.24. The van der Waals surface area contributed by atoms with Gasteiger partial charge in [0, 0.05) is 13.8 Å². The lowest BCUT2D eigenvalue weighted by Gasteiger charge is -2.21. The topological polar surface area (TPSA) is 52.6 Å². The average Bonchev–Trinajstić information content (AvgIpc) is 1.98. The van der Waals surface area contributed by atoms with Crippen LogP contribution < -0.4 is 0 Å². The lowest BCUT2D eigenvalue weighted by Crippen LogP contribution is -2.31. The summed E-state index contributed by atoms with van der Waals surface area (Å²) in [6, 6.07) is 0. The average molecular weight is 188 g/mol. The zero-order chi connectivity index (χ0) is 10.4. The number of hydrogen-bond acceptors (Lipinski definition) is 4. The highest BCUT2D eigenvalue weighted by molar-refractivity contribution is 5.67. The Bertz CT molecular complexity index is 188. The maximum absolute atomic E-state index is 10.6. The summed E-state index contributed by atoms with van der Waals surface area (Å²) in [5, 5.41) is 0. The van der Waals surface area contributed by atoms with Gasteiger partial charge in [0.25, 0.3) is 0 Å². The summed E-state index contributed by atoms with van der Waals surface area (Å²) in [5.74, 6) is -0.719. The van der Waals surface area contributed by atoms with Gasteiger partial charge in [-0.05, 0) is 13.3 Å². The van der Waals surface area contributed by atoms with Crippen LogP contribution in [0.25, 0.3) is 0 Å². The van der Waals surface area contributed by atoms with Crippen LogP contribution >= 0.6 is 0 Å². The Balaban J connectivity index is 4.06. The molecular formula is C9H16O4. The number of carbonyl (C=O) groups is 2. The Morgan fingerprint density at radius 2 is 1.62 bits per heavy atom. The lowest BCUT2D eigenvalue weighted by molar-refractivity contribution is -0.164. The first-order chi connectivity index (χ1) is 5.97. The largest absolute Gasteiger partial charge is 0.459 e. The molecular weight excluding hydrogens is 172 g/mol. The molecule has 0 aliphatic rings. The zero-order valence-corrected chi connectivity index (χ0v) is 8.49. The van der Waals surface area contributed by atoms with E-state index in [-0.39, 0.29) is 24.1 Å². The molecule has 0 aliphatic heterocycles. The quantitative estimate of drug-likeness (QED) is 0.623. The lowest BCUT2D eigenvalue weighted by atomic mass is 10.2. The van der Waals surface area contributed by atoms with Crippen molar-refractivity contribution in [3.05, 3.63) is 0 Å². The van der Waals surface area contributed by atoms with Gasteiger partial charge in [-0.15, -0.1) is 0 Å². The van der Waals surface area contributed by atoms with Gasteiger partial charge < -0.3 is 9.47 Å². The van der Waals surface area contributed by atoms with Gasteiger partial charge in [-0.3, -0.25) is 9.59 Å². The molecule has 0 aromatic heterocycles. The Morgan fingerprint density at radius 3 is 1.92 bits per heavy atom. The first kappa shape index (κ1) is 11.9. The molecule has 0 spiro atoms. The first-order valence-electron chi connectivity index (χ1n) is 4.31. The minimum absolute atomic E-state index is 0.346. The van der Waals surface area contributed by atoms with Gasteiger partial charge in [-0.1, -0.05) is 6.92 Å². The van der Waals surface area contributed by atoms with Crippen LogP contribution in [0, 0.1) is 0 Å². The normalized spacial score (nSPS) is 14.5. The van der Waals surface area contributed by atoms with Crippen LogP contribution in [0.3, 0.4) is 0 Å². The molecule has 0 fully saturated rings. The Hall–Kier alpha value is -1.06. The monoisotopic (exact) mass is 188 g/mol. The first-order valence-corrected chi connectivity index (χ1v) is 4.31. The number of carbonyl (C=O) groups excluding carboxylic acids is 2. The van der Waals surface area contributed by atoms with Gasteiger partial charge in [0.2, 0.25) is 0 Å².